The Bertz CT molecular complexity index is 960. The highest BCUT2D eigenvalue weighted by Gasteiger charge is 2.33. The van der Waals surface area contributed by atoms with E-state index < -0.39 is 22.4 Å². The molecule has 0 aliphatic rings. The van der Waals surface area contributed by atoms with Crippen LogP contribution in [-0.4, -0.2) is 20.1 Å². The van der Waals surface area contributed by atoms with Crippen molar-refractivity contribution in [1.29, 1.82) is 0 Å². The molecule has 11 heteroatoms. The quantitative estimate of drug-likeness (QED) is 0.480. The lowest BCUT2D eigenvalue weighted by molar-refractivity contribution is -0.388. The average Bonchev–Trinajstić information content (AvgIpc) is 3.03. The highest BCUT2D eigenvalue weighted by Crippen LogP contribution is 2.38. The summed E-state index contributed by atoms with van der Waals surface area (Å²) in [5.74, 6) is 0.402. The SMILES string of the molecule is O=[N+]([O-])c1cc(C(F)(F)F)ccc1Sc1n[nH]c(-c2ccc(Cl)cc2)n1. The van der Waals surface area contributed by atoms with Crippen molar-refractivity contribution in [3.8, 4) is 11.4 Å². The maximum absolute atomic E-state index is 12.7. The molecule has 0 spiro atoms. The van der Waals surface area contributed by atoms with E-state index in [1.807, 2.05) is 0 Å². The van der Waals surface area contributed by atoms with Crippen LogP contribution in [0.25, 0.3) is 11.4 Å². The van der Waals surface area contributed by atoms with E-state index in [-0.39, 0.29) is 10.1 Å². The zero-order valence-electron chi connectivity index (χ0n) is 12.6. The Morgan fingerprint density at radius 1 is 1.15 bits per heavy atom. The molecule has 0 unspecified atom stereocenters. The van der Waals surface area contributed by atoms with E-state index in [4.69, 9.17) is 11.6 Å². The summed E-state index contributed by atoms with van der Waals surface area (Å²) in [6.45, 7) is 0. The number of aromatic nitrogens is 3. The van der Waals surface area contributed by atoms with Gasteiger partial charge in [-0.15, -0.1) is 5.10 Å². The van der Waals surface area contributed by atoms with Gasteiger partial charge in [0.15, 0.2) is 5.82 Å². The van der Waals surface area contributed by atoms with Crippen LogP contribution in [-0.2, 0) is 6.18 Å². The summed E-state index contributed by atoms with van der Waals surface area (Å²) < 4.78 is 38.2. The Labute approximate surface area is 153 Å². The van der Waals surface area contributed by atoms with Crippen LogP contribution in [0.2, 0.25) is 5.02 Å². The lowest BCUT2D eigenvalue weighted by Crippen LogP contribution is -2.05. The van der Waals surface area contributed by atoms with Crippen LogP contribution in [0.3, 0.4) is 0 Å². The van der Waals surface area contributed by atoms with Crippen molar-refractivity contribution in [3.63, 3.8) is 0 Å². The molecular formula is C15H8ClF3N4O2S. The average molecular weight is 401 g/mol. The second-order valence-electron chi connectivity index (χ2n) is 5.01. The minimum Gasteiger partial charge on any atom is -0.258 e. The molecule has 0 bridgehead atoms. The van der Waals surface area contributed by atoms with Crippen molar-refractivity contribution >= 4 is 29.1 Å². The Balaban J connectivity index is 1.89. The third-order valence-corrected chi connectivity index (χ3v) is 4.45. The lowest BCUT2D eigenvalue weighted by atomic mass is 10.2. The lowest BCUT2D eigenvalue weighted by Gasteiger charge is -2.07. The van der Waals surface area contributed by atoms with Gasteiger partial charge in [-0.1, -0.05) is 11.6 Å². The van der Waals surface area contributed by atoms with Gasteiger partial charge in [0.25, 0.3) is 5.69 Å². The van der Waals surface area contributed by atoms with Crippen LogP contribution in [0, 0.1) is 10.1 Å². The summed E-state index contributed by atoms with van der Waals surface area (Å²) in [5, 5.41) is 18.4. The minimum absolute atomic E-state index is 0.00431. The molecule has 0 saturated carbocycles. The van der Waals surface area contributed by atoms with Crippen LogP contribution in [0.1, 0.15) is 5.56 Å². The number of nitro groups is 1. The molecule has 6 nitrogen and oxygen atoms in total. The van der Waals surface area contributed by atoms with Gasteiger partial charge in [0.05, 0.1) is 15.4 Å². The van der Waals surface area contributed by atoms with Crippen molar-refractivity contribution in [3.05, 3.63) is 63.2 Å². The maximum atomic E-state index is 12.7. The summed E-state index contributed by atoms with van der Waals surface area (Å²) in [5.41, 5.74) is -1.07. The van der Waals surface area contributed by atoms with Crippen molar-refractivity contribution < 1.29 is 18.1 Å². The van der Waals surface area contributed by atoms with Crippen molar-refractivity contribution in [2.45, 2.75) is 16.2 Å². The topological polar surface area (TPSA) is 84.7 Å². The van der Waals surface area contributed by atoms with Gasteiger partial charge >= 0.3 is 6.18 Å². The molecule has 1 N–H and O–H groups in total. The standard InChI is InChI=1S/C15H8ClF3N4O2S/c16-10-4-1-8(2-5-10)13-20-14(22-21-13)26-12-6-3-9(15(17,18)19)7-11(12)23(24)25/h1-7H,(H,20,21,22). The minimum atomic E-state index is -4.67. The summed E-state index contributed by atoms with van der Waals surface area (Å²) in [7, 11) is 0. The molecule has 0 aliphatic heterocycles. The predicted octanol–water partition coefficient (Wildman–Crippen LogP) is 5.20. The number of rotatable bonds is 4. The first kappa shape index (κ1) is 18.2. The number of nitro benzene ring substituents is 1. The first-order valence-electron chi connectivity index (χ1n) is 6.96. The van der Waals surface area contributed by atoms with Gasteiger partial charge in [-0.2, -0.15) is 13.2 Å². The summed E-state index contributed by atoms with van der Waals surface area (Å²) in [6.07, 6.45) is -4.67. The number of hydrogen-bond donors (Lipinski definition) is 1. The van der Waals surface area contributed by atoms with E-state index in [2.05, 4.69) is 15.2 Å². The Morgan fingerprint density at radius 2 is 1.85 bits per heavy atom. The number of halogens is 4. The molecule has 2 aromatic carbocycles. The molecule has 1 heterocycles. The van der Waals surface area contributed by atoms with E-state index in [1.165, 1.54) is 0 Å². The van der Waals surface area contributed by atoms with E-state index in [0.717, 1.165) is 23.9 Å². The van der Waals surface area contributed by atoms with Crippen LogP contribution in [0.15, 0.2) is 52.5 Å². The number of hydrogen-bond acceptors (Lipinski definition) is 5. The summed E-state index contributed by atoms with van der Waals surface area (Å²) in [6, 6.07) is 9.04. The van der Waals surface area contributed by atoms with Crippen LogP contribution in [0.5, 0.6) is 0 Å². The highest BCUT2D eigenvalue weighted by atomic mass is 35.5. The predicted molar refractivity (Wildman–Crippen MR) is 89.1 cm³/mol. The summed E-state index contributed by atoms with van der Waals surface area (Å²) in [4.78, 5) is 14.4. The number of nitrogens with zero attached hydrogens (tertiary/aromatic N) is 3. The molecule has 26 heavy (non-hydrogen) atoms. The number of H-pyrrole nitrogens is 1. The van der Waals surface area contributed by atoms with Gasteiger partial charge < -0.3 is 0 Å². The van der Waals surface area contributed by atoms with Crippen molar-refractivity contribution in [2.24, 2.45) is 0 Å². The molecule has 3 aromatic rings. The zero-order valence-corrected chi connectivity index (χ0v) is 14.2. The Kier molecular flexibility index (Phi) is 4.88. The third kappa shape index (κ3) is 3.97. The van der Waals surface area contributed by atoms with Gasteiger partial charge in [0.2, 0.25) is 5.16 Å². The molecule has 1 aromatic heterocycles. The van der Waals surface area contributed by atoms with Crippen LogP contribution in [0.4, 0.5) is 18.9 Å². The molecule has 0 aliphatic carbocycles. The largest absolute Gasteiger partial charge is 0.416 e. The van der Waals surface area contributed by atoms with Crippen LogP contribution >= 0.6 is 23.4 Å². The fraction of sp³-hybridized carbons (Fsp3) is 0.0667. The van der Waals surface area contributed by atoms with Crippen molar-refractivity contribution in [2.75, 3.05) is 0 Å². The molecule has 0 atom stereocenters. The summed E-state index contributed by atoms with van der Waals surface area (Å²) >= 11 is 6.60. The monoisotopic (exact) mass is 400 g/mol. The zero-order chi connectivity index (χ0) is 18.9. The van der Waals surface area contributed by atoms with Gasteiger partial charge in [0, 0.05) is 16.7 Å². The Hall–Kier alpha value is -2.59. The fourth-order valence-corrected chi connectivity index (χ4v) is 2.97. The second-order valence-corrected chi connectivity index (χ2v) is 6.46. The highest BCUT2D eigenvalue weighted by molar-refractivity contribution is 7.99. The number of benzene rings is 2. The van der Waals surface area contributed by atoms with Gasteiger partial charge in [-0.25, -0.2) is 4.98 Å². The van der Waals surface area contributed by atoms with Crippen LogP contribution < -0.4 is 0 Å². The fourth-order valence-electron chi connectivity index (χ4n) is 2.05. The maximum Gasteiger partial charge on any atom is 0.416 e. The molecule has 0 saturated heterocycles. The molecule has 0 fully saturated rings. The molecule has 134 valence electrons. The van der Waals surface area contributed by atoms with Gasteiger partial charge in [-0.05, 0) is 48.2 Å². The Morgan fingerprint density at radius 3 is 2.46 bits per heavy atom. The van der Waals surface area contributed by atoms with E-state index in [0.29, 0.717) is 22.5 Å². The first-order chi connectivity index (χ1) is 12.2. The molecule has 3 rings (SSSR count). The molecular weight excluding hydrogens is 393 g/mol. The smallest absolute Gasteiger partial charge is 0.258 e. The normalized spacial score (nSPS) is 11.5. The van der Waals surface area contributed by atoms with Crippen molar-refractivity contribution in [1.82, 2.24) is 15.2 Å². The number of nitrogens with one attached hydrogen (secondary N) is 1. The van der Waals surface area contributed by atoms with Gasteiger partial charge in [0.1, 0.15) is 0 Å². The third-order valence-electron chi connectivity index (χ3n) is 3.27. The number of aromatic amines is 1. The molecule has 0 amide bonds. The van der Waals surface area contributed by atoms with Gasteiger partial charge in [-0.3, -0.25) is 15.2 Å². The van der Waals surface area contributed by atoms with E-state index in [1.54, 1.807) is 24.3 Å². The van der Waals surface area contributed by atoms with E-state index >= 15 is 0 Å². The molecule has 0 radical (unpaired) electrons. The first-order valence-corrected chi connectivity index (χ1v) is 8.15. The number of alkyl halides is 3. The second kappa shape index (κ2) is 6.96. The van der Waals surface area contributed by atoms with E-state index in [9.17, 15) is 23.3 Å².